The quantitative estimate of drug-likeness (QED) is 0.593. The molecule has 0 atom stereocenters. The van der Waals surface area contributed by atoms with E-state index in [4.69, 9.17) is 9.26 Å². The monoisotopic (exact) mass is 349 g/mol. The maximum absolute atomic E-state index is 5.46. The highest BCUT2D eigenvalue weighted by atomic mass is 16.5. The van der Waals surface area contributed by atoms with Crippen molar-refractivity contribution in [1.82, 2.24) is 19.8 Å². The molecule has 0 spiro atoms. The molecule has 1 aromatic carbocycles. The lowest BCUT2D eigenvalue weighted by Crippen LogP contribution is -2.06. The molecular weight excluding hydrogens is 330 g/mol. The molecule has 0 fully saturated rings. The molecule has 0 radical (unpaired) electrons. The van der Waals surface area contributed by atoms with Crippen molar-refractivity contribution < 1.29 is 9.26 Å². The average molecular weight is 349 g/mol. The highest BCUT2D eigenvalue weighted by Gasteiger charge is 2.10. The number of aryl methyl sites for hydroxylation is 2. The zero-order chi connectivity index (χ0) is 18.1. The van der Waals surface area contributed by atoms with E-state index in [1.807, 2.05) is 56.3 Å². The van der Waals surface area contributed by atoms with Crippen LogP contribution in [0.25, 0.3) is 16.9 Å². The molecule has 4 aromatic rings. The maximum atomic E-state index is 5.46. The Balaban J connectivity index is 1.55. The molecular formula is C19H19N5O2. The minimum absolute atomic E-state index is 0.494. The first-order valence-electron chi connectivity index (χ1n) is 8.30. The topological polar surface area (TPSA) is 77.5 Å². The van der Waals surface area contributed by atoms with E-state index in [1.54, 1.807) is 11.6 Å². The molecule has 0 aliphatic heterocycles. The normalized spacial score (nSPS) is 11.0. The van der Waals surface area contributed by atoms with Gasteiger partial charge in [0, 0.05) is 29.5 Å². The third-order valence-corrected chi connectivity index (χ3v) is 4.05. The Morgan fingerprint density at radius 3 is 2.85 bits per heavy atom. The van der Waals surface area contributed by atoms with E-state index in [-0.39, 0.29) is 0 Å². The Hall–Kier alpha value is -3.35. The SMILES string of the molecule is COc1cccc(-c2cc(CNc3cc(C)nc4cc(C)nn34)on2)c1. The first-order chi connectivity index (χ1) is 12.6. The van der Waals surface area contributed by atoms with Crippen molar-refractivity contribution in [1.29, 1.82) is 0 Å². The molecule has 0 saturated carbocycles. The molecule has 26 heavy (non-hydrogen) atoms. The summed E-state index contributed by atoms with van der Waals surface area (Å²) in [6.07, 6.45) is 0. The number of aromatic nitrogens is 4. The van der Waals surface area contributed by atoms with Crippen molar-refractivity contribution in [3.8, 4) is 17.0 Å². The molecule has 132 valence electrons. The third kappa shape index (κ3) is 3.11. The fourth-order valence-corrected chi connectivity index (χ4v) is 2.83. The zero-order valence-electron chi connectivity index (χ0n) is 14.9. The summed E-state index contributed by atoms with van der Waals surface area (Å²) in [6, 6.07) is 13.6. The van der Waals surface area contributed by atoms with Crippen LogP contribution >= 0.6 is 0 Å². The van der Waals surface area contributed by atoms with Crippen LogP contribution in [0.3, 0.4) is 0 Å². The number of methoxy groups -OCH3 is 1. The molecule has 4 rings (SSSR count). The van der Waals surface area contributed by atoms with Gasteiger partial charge in [-0.15, -0.1) is 0 Å². The van der Waals surface area contributed by atoms with Gasteiger partial charge in [0.15, 0.2) is 11.4 Å². The molecule has 3 aromatic heterocycles. The van der Waals surface area contributed by atoms with Gasteiger partial charge in [-0.25, -0.2) is 4.98 Å². The summed E-state index contributed by atoms with van der Waals surface area (Å²) in [4.78, 5) is 4.49. The van der Waals surface area contributed by atoms with Crippen LogP contribution < -0.4 is 10.1 Å². The van der Waals surface area contributed by atoms with Gasteiger partial charge in [0.2, 0.25) is 0 Å². The van der Waals surface area contributed by atoms with Gasteiger partial charge < -0.3 is 14.6 Å². The van der Waals surface area contributed by atoms with Crippen LogP contribution in [0.1, 0.15) is 17.1 Å². The number of hydrogen-bond acceptors (Lipinski definition) is 6. The Morgan fingerprint density at radius 1 is 1.12 bits per heavy atom. The second kappa shape index (κ2) is 6.51. The van der Waals surface area contributed by atoms with Gasteiger partial charge in [-0.05, 0) is 26.0 Å². The van der Waals surface area contributed by atoms with E-state index in [0.29, 0.717) is 6.54 Å². The molecule has 1 N–H and O–H groups in total. The van der Waals surface area contributed by atoms with Crippen LogP contribution in [0.5, 0.6) is 5.75 Å². The van der Waals surface area contributed by atoms with Crippen molar-refractivity contribution in [2.45, 2.75) is 20.4 Å². The lowest BCUT2D eigenvalue weighted by Gasteiger charge is -2.07. The van der Waals surface area contributed by atoms with Gasteiger partial charge in [0.05, 0.1) is 19.3 Å². The first-order valence-corrected chi connectivity index (χ1v) is 8.30. The summed E-state index contributed by atoms with van der Waals surface area (Å²) in [6.45, 7) is 4.40. The summed E-state index contributed by atoms with van der Waals surface area (Å²) < 4.78 is 12.5. The molecule has 0 bridgehead atoms. The summed E-state index contributed by atoms with van der Waals surface area (Å²) in [5, 5.41) is 12.0. The van der Waals surface area contributed by atoms with Gasteiger partial charge in [0.25, 0.3) is 0 Å². The number of benzene rings is 1. The standard InChI is InChI=1S/C19H19N5O2/c1-12-7-18(24-19(21-12)8-13(2)22-24)20-11-16-10-17(23-26-16)14-5-4-6-15(9-14)25-3/h4-10,20H,11H2,1-3H3. The maximum Gasteiger partial charge on any atom is 0.157 e. The third-order valence-electron chi connectivity index (χ3n) is 4.05. The number of ether oxygens (including phenoxy) is 1. The zero-order valence-corrected chi connectivity index (χ0v) is 14.9. The fourth-order valence-electron chi connectivity index (χ4n) is 2.83. The van der Waals surface area contributed by atoms with E-state index < -0.39 is 0 Å². The van der Waals surface area contributed by atoms with Crippen LogP contribution in [-0.2, 0) is 6.54 Å². The molecule has 7 heteroatoms. The highest BCUT2D eigenvalue weighted by Crippen LogP contribution is 2.24. The summed E-state index contributed by atoms with van der Waals surface area (Å²) in [5.41, 5.74) is 4.39. The Morgan fingerprint density at radius 2 is 2.00 bits per heavy atom. The van der Waals surface area contributed by atoms with Crippen molar-refractivity contribution >= 4 is 11.5 Å². The minimum Gasteiger partial charge on any atom is -0.497 e. The number of fused-ring (bicyclic) bond motifs is 1. The largest absolute Gasteiger partial charge is 0.497 e. The van der Waals surface area contributed by atoms with E-state index in [9.17, 15) is 0 Å². The average Bonchev–Trinajstić information content (AvgIpc) is 3.25. The Kier molecular flexibility index (Phi) is 4.04. The van der Waals surface area contributed by atoms with Gasteiger partial charge in [-0.1, -0.05) is 17.3 Å². The number of rotatable bonds is 5. The molecule has 0 saturated heterocycles. The number of nitrogens with zero attached hydrogens (tertiary/aromatic N) is 4. The van der Waals surface area contributed by atoms with Crippen LogP contribution in [0.4, 0.5) is 5.82 Å². The molecule has 0 amide bonds. The van der Waals surface area contributed by atoms with Gasteiger partial charge in [-0.2, -0.15) is 9.61 Å². The number of nitrogens with one attached hydrogen (secondary N) is 1. The molecule has 0 aliphatic rings. The fraction of sp³-hybridized carbons (Fsp3) is 0.211. The predicted octanol–water partition coefficient (Wildman–Crippen LogP) is 3.62. The lowest BCUT2D eigenvalue weighted by molar-refractivity contribution is 0.389. The number of anilines is 1. The second-order valence-corrected chi connectivity index (χ2v) is 6.10. The van der Waals surface area contributed by atoms with Gasteiger partial charge in [-0.3, -0.25) is 0 Å². The van der Waals surface area contributed by atoms with Crippen LogP contribution in [0.15, 0.2) is 47.0 Å². The minimum atomic E-state index is 0.494. The van der Waals surface area contributed by atoms with E-state index in [0.717, 1.165) is 45.6 Å². The summed E-state index contributed by atoms with van der Waals surface area (Å²) in [7, 11) is 1.64. The molecule has 3 heterocycles. The predicted molar refractivity (Wildman–Crippen MR) is 98.3 cm³/mol. The Bertz CT molecular complexity index is 1070. The summed E-state index contributed by atoms with van der Waals surface area (Å²) >= 11 is 0. The van der Waals surface area contributed by atoms with Crippen LogP contribution in [-0.4, -0.2) is 26.9 Å². The number of hydrogen-bond donors (Lipinski definition) is 1. The van der Waals surface area contributed by atoms with Gasteiger partial charge in [0.1, 0.15) is 17.3 Å². The van der Waals surface area contributed by atoms with Crippen molar-refractivity contribution in [3.05, 3.63) is 59.6 Å². The molecule has 0 aliphatic carbocycles. The lowest BCUT2D eigenvalue weighted by atomic mass is 10.1. The molecule has 0 unspecified atom stereocenters. The molecule has 7 nitrogen and oxygen atoms in total. The van der Waals surface area contributed by atoms with Crippen molar-refractivity contribution in [2.75, 3.05) is 12.4 Å². The Labute approximate surface area is 150 Å². The van der Waals surface area contributed by atoms with Crippen molar-refractivity contribution in [2.24, 2.45) is 0 Å². The summed E-state index contributed by atoms with van der Waals surface area (Å²) in [5.74, 6) is 2.38. The van der Waals surface area contributed by atoms with Crippen LogP contribution in [0.2, 0.25) is 0 Å². The smallest absolute Gasteiger partial charge is 0.157 e. The van der Waals surface area contributed by atoms with E-state index in [1.165, 1.54) is 0 Å². The highest BCUT2D eigenvalue weighted by molar-refractivity contribution is 5.61. The van der Waals surface area contributed by atoms with E-state index >= 15 is 0 Å². The van der Waals surface area contributed by atoms with Crippen LogP contribution in [0, 0.1) is 13.8 Å². The second-order valence-electron chi connectivity index (χ2n) is 6.10. The van der Waals surface area contributed by atoms with Crippen molar-refractivity contribution in [3.63, 3.8) is 0 Å². The first kappa shape index (κ1) is 16.1. The van der Waals surface area contributed by atoms with Gasteiger partial charge >= 0.3 is 0 Å². The van der Waals surface area contributed by atoms with E-state index in [2.05, 4.69) is 20.6 Å².